The minimum Gasteiger partial charge on any atom is -0.467 e. The number of furan rings is 1. The van der Waals surface area contributed by atoms with Gasteiger partial charge in [-0.25, -0.2) is 13.4 Å². The van der Waals surface area contributed by atoms with Crippen LogP contribution in [0.2, 0.25) is 0 Å². The Labute approximate surface area is 205 Å². The van der Waals surface area contributed by atoms with Crippen molar-refractivity contribution in [2.75, 3.05) is 25.0 Å². The van der Waals surface area contributed by atoms with E-state index >= 15 is 0 Å². The number of nitrogens with zero attached hydrogens (tertiary/aromatic N) is 3. The van der Waals surface area contributed by atoms with E-state index in [1.54, 1.807) is 36.6 Å². The van der Waals surface area contributed by atoms with Gasteiger partial charge in [0.15, 0.2) is 0 Å². The molecule has 2 aliphatic heterocycles. The maximum Gasteiger partial charge on any atom is 0.262 e. The first-order valence-corrected chi connectivity index (χ1v) is 13.2. The zero-order chi connectivity index (χ0) is 24.4. The maximum atomic E-state index is 13.2. The van der Waals surface area contributed by atoms with Crippen molar-refractivity contribution in [1.29, 1.82) is 0 Å². The van der Waals surface area contributed by atoms with Crippen LogP contribution in [0.1, 0.15) is 42.2 Å². The van der Waals surface area contributed by atoms with Gasteiger partial charge in [-0.2, -0.15) is 9.41 Å². The second-order valence-electron chi connectivity index (χ2n) is 8.88. The topological polar surface area (TPSA) is 95.2 Å². The molecule has 0 spiro atoms. The number of aryl methyl sites for hydroxylation is 1. The molecule has 182 valence electrons. The molecule has 2 aromatic carbocycles. The highest BCUT2D eigenvalue weighted by Gasteiger charge is 2.34. The highest BCUT2D eigenvalue weighted by molar-refractivity contribution is 7.89. The maximum absolute atomic E-state index is 13.2. The molecule has 1 saturated heterocycles. The number of anilines is 1. The van der Waals surface area contributed by atoms with Crippen molar-refractivity contribution in [2.24, 2.45) is 5.10 Å². The summed E-state index contributed by atoms with van der Waals surface area (Å²) in [6, 6.07) is 17.9. The molecule has 0 bridgehead atoms. The van der Waals surface area contributed by atoms with Gasteiger partial charge < -0.3 is 9.73 Å². The number of sulfonamides is 1. The summed E-state index contributed by atoms with van der Waals surface area (Å²) in [4.78, 5) is 13.4. The number of nitrogens with one attached hydrogen (secondary N) is 1. The van der Waals surface area contributed by atoms with Crippen molar-refractivity contribution in [3.05, 3.63) is 83.8 Å². The SMILES string of the molecule is Cc1ccc(C2=NN(C(=O)CNc3ccc(S(=O)(=O)N4CCCC4)cc3)[C@@H](c3ccco3)C2)cc1. The summed E-state index contributed by atoms with van der Waals surface area (Å²) < 4.78 is 32.6. The lowest BCUT2D eigenvalue weighted by Gasteiger charge is -2.20. The van der Waals surface area contributed by atoms with E-state index in [1.165, 1.54) is 9.31 Å². The average Bonchev–Trinajstić information content (AvgIpc) is 3.64. The summed E-state index contributed by atoms with van der Waals surface area (Å²) in [6.45, 7) is 3.17. The summed E-state index contributed by atoms with van der Waals surface area (Å²) in [5, 5.41) is 9.22. The van der Waals surface area contributed by atoms with Crippen LogP contribution >= 0.6 is 0 Å². The summed E-state index contributed by atoms with van der Waals surface area (Å²) in [5.74, 6) is 0.475. The summed E-state index contributed by atoms with van der Waals surface area (Å²) in [5.41, 5.74) is 3.63. The lowest BCUT2D eigenvalue weighted by atomic mass is 10.0. The number of hydrazone groups is 1. The predicted octanol–water partition coefficient (Wildman–Crippen LogP) is 4.16. The Morgan fingerprint density at radius 1 is 1.06 bits per heavy atom. The zero-order valence-corrected chi connectivity index (χ0v) is 20.4. The zero-order valence-electron chi connectivity index (χ0n) is 19.6. The van der Waals surface area contributed by atoms with E-state index in [0.717, 1.165) is 29.7 Å². The molecule has 0 aliphatic carbocycles. The van der Waals surface area contributed by atoms with Gasteiger partial charge in [-0.3, -0.25) is 4.79 Å². The number of hydrogen-bond donors (Lipinski definition) is 1. The third-order valence-electron chi connectivity index (χ3n) is 6.42. The molecule has 3 aromatic rings. The second-order valence-corrected chi connectivity index (χ2v) is 10.8. The van der Waals surface area contributed by atoms with Gasteiger partial charge in [0.25, 0.3) is 5.91 Å². The fraction of sp³-hybridized carbons (Fsp3) is 0.308. The largest absolute Gasteiger partial charge is 0.467 e. The molecule has 5 rings (SSSR count). The monoisotopic (exact) mass is 492 g/mol. The van der Waals surface area contributed by atoms with Crippen molar-refractivity contribution in [3.8, 4) is 0 Å². The molecule has 0 radical (unpaired) electrons. The first-order chi connectivity index (χ1) is 16.9. The minimum absolute atomic E-state index is 0.0140. The predicted molar refractivity (Wildman–Crippen MR) is 134 cm³/mol. The summed E-state index contributed by atoms with van der Waals surface area (Å²) >= 11 is 0. The molecular weight excluding hydrogens is 464 g/mol. The highest BCUT2D eigenvalue weighted by Crippen LogP contribution is 2.33. The molecule has 0 unspecified atom stereocenters. The van der Waals surface area contributed by atoms with E-state index in [9.17, 15) is 13.2 Å². The number of rotatable bonds is 7. The Bertz CT molecular complexity index is 1310. The normalized spacial score (nSPS) is 18.6. The lowest BCUT2D eigenvalue weighted by molar-refractivity contribution is -0.131. The average molecular weight is 493 g/mol. The smallest absolute Gasteiger partial charge is 0.262 e. The molecule has 1 N–H and O–H groups in total. The first kappa shape index (κ1) is 23.3. The minimum atomic E-state index is -3.47. The van der Waals surface area contributed by atoms with E-state index in [4.69, 9.17) is 4.42 Å². The Balaban J connectivity index is 1.29. The summed E-state index contributed by atoms with van der Waals surface area (Å²) in [6.07, 6.45) is 3.94. The van der Waals surface area contributed by atoms with Gasteiger partial charge in [0.2, 0.25) is 10.0 Å². The van der Waals surface area contributed by atoms with Gasteiger partial charge in [0.1, 0.15) is 11.8 Å². The number of carbonyl (C=O) groups excluding carboxylic acids is 1. The van der Waals surface area contributed by atoms with E-state index in [0.29, 0.717) is 31.0 Å². The third-order valence-corrected chi connectivity index (χ3v) is 8.34. The van der Waals surface area contributed by atoms with E-state index in [2.05, 4.69) is 10.4 Å². The third kappa shape index (κ3) is 4.87. The van der Waals surface area contributed by atoms with Crippen LogP contribution in [0.15, 0.2) is 81.3 Å². The van der Waals surface area contributed by atoms with Crippen LogP contribution in [0.25, 0.3) is 0 Å². The van der Waals surface area contributed by atoms with E-state index in [-0.39, 0.29) is 23.4 Å². The number of hydrogen-bond acceptors (Lipinski definition) is 6. The second kappa shape index (κ2) is 9.67. The van der Waals surface area contributed by atoms with Crippen LogP contribution in [0, 0.1) is 6.92 Å². The van der Waals surface area contributed by atoms with Crippen LogP contribution in [-0.2, 0) is 14.8 Å². The van der Waals surface area contributed by atoms with Crippen molar-refractivity contribution < 1.29 is 17.6 Å². The molecular formula is C26H28N4O4S. The van der Waals surface area contributed by atoms with Crippen LogP contribution < -0.4 is 5.32 Å². The van der Waals surface area contributed by atoms with Gasteiger partial charge >= 0.3 is 0 Å². The molecule has 8 nitrogen and oxygen atoms in total. The van der Waals surface area contributed by atoms with Gasteiger partial charge in [0.05, 0.1) is 23.4 Å². The molecule has 1 atom stereocenters. The molecule has 35 heavy (non-hydrogen) atoms. The Morgan fingerprint density at radius 2 is 1.77 bits per heavy atom. The Hall–Kier alpha value is -3.43. The fourth-order valence-electron chi connectivity index (χ4n) is 4.44. The van der Waals surface area contributed by atoms with Crippen molar-refractivity contribution >= 4 is 27.3 Å². The Morgan fingerprint density at radius 3 is 2.43 bits per heavy atom. The molecule has 9 heteroatoms. The fourth-order valence-corrected chi connectivity index (χ4v) is 5.96. The molecule has 2 aliphatic rings. The quantitative estimate of drug-likeness (QED) is 0.534. The Kier molecular flexibility index (Phi) is 6.44. The molecule has 0 saturated carbocycles. The van der Waals surface area contributed by atoms with Crippen LogP contribution in [0.4, 0.5) is 5.69 Å². The van der Waals surface area contributed by atoms with Gasteiger partial charge in [-0.1, -0.05) is 29.8 Å². The molecule has 1 amide bonds. The van der Waals surface area contributed by atoms with Crippen molar-refractivity contribution in [1.82, 2.24) is 9.31 Å². The molecule has 1 fully saturated rings. The molecule has 1 aromatic heterocycles. The molecule has 3 heterocycles. The van der Waals surface area contributed by atoms with Gasteiger partial charge in [0, 0.05) is 25.2 Å². The van der Waals surface area contributed by atoms with Gasteiger partial charge in [-0.05, 0) is 61.7 Å². The summed E-state index contributed by atoms with van der Waals surface area (Å²) in [7, 11) is -3.47. The highest BCUT2D eigenvalue weighted by atomic mass is 32.2. The standard InChI is InChI=1S/C26H28N4O4S/c1-19-6-8-20(9-7-19)23-17-24(25-5-4-16-34-25)30(28-23)26(31)18-27-21-10-12-22(13-11-21)35(32,33)29-14-2-3-15-29/h4-13,16,24,27H,2-3,14-15,17-18H2,1H3/t24-/m1/s1. The number of amides is 1. The van der Waals surface area contributed by atoms with Gasteiger partial charge in [-0.15, -0.1) is 0 Å². The van der Waals surface area contributed by atoms with Crippen molar-refractivity contribution in [3.63, 3.8) is 0 Å². The number of carbonyl (C=O) groups is 1. The van der Waals surface area contributed by atoms with Crippen LogP contribution in [0.5, 0.6) is 0 Å². The van der Waals surface area contributed by atoms with E-state index < -0.39 is 10.0 Å². The lowest BCUT2D eigenvalue weighted by Crippen LogP contribution is -2.32. The van der Waals surface area contributed by atoms with Crippen LogP contribution in [0.3, 0.4) is 0 Å². The van der Waals surface area contributed by atoms with E-state index in [1.807, 2.05) is 37.3 Å². The first-order valence-electron chi connectivity index (χ1n) is 11.8. The van der Waals surface area contributed by atoms with Crippen LogP contribution in [-0.4, -0.2) is 49.0 Å². The number of benzene rings is 2. The van der Waals surface area contributed by atoms with Crippen molar-refractivity contribution in [2.45, 2.75) is 37.1 Å².